The molecule has 0 radical (unpaired) electrons. The van der Waals surface area contributed by atoms with E-state index in [0.717, 1.165) is 33.1 Å². The molecule has 1 unspecified atom stereocenters. The first-order valence-electron chi connectivity index (χ1n) is 12.7. The zero-order chi connectivity index (χ0) is 27.6. The van der Waals surface area contributed by atoms with Crippen molar-refractivity contribution in [1.82, 2.24) is 24.8 Å². The van der Waals surface area contributed by atoms with E-state index in [2.05, 4.69) is 26.1 Å². The first-order chi connectivity index (χ1) is 18.7. The molecule has 0 aliphatic carbocycles. The SMILES string of the molecule is CCNCC(O)COc1ccc2c(n1)sc1nc(-c3ccc(NC(=O)Nc4cc(C(C)(C)C)on4)cc3)cn12. The van der Waals surface area contributed by atoms with E-state index in [4.69, 9.17) is 14.2 Å². The molecule has 0 bridgehead atoms. The van der Waals surface area contributed by atoms with E-state index in [1.165, 1.54) is 11.3 Å². The Morgan fingerprint density at radius 1 is 1.15 bits per heavy atom. The number of anilines is 2. The molecule has 0 saturated carbocycles. The summed E-state index contributed by atoms with van der Waals surface area (Å²) in [4.78, 5) is 23.3. The molecule has 11 nitrogen and oxygen atoms in total. The van der Waals surface area contributed by atoms with Crippen molar-refractivity contribution in [3.63, 3.8) is 0 Å². The summed E-state index contributed by atoms with van der Waals surface area (Å²) in [6.45, 7) is 9.45. The molecule has 5 aromatic rings. The standard InChI is InChI=1S/C27H31N7O4S/c1-5-28-13-18(35)15-37-23-11-10-20-24(32-23)39-26-30-19(14-34(20)26)16-6-8-17(9-7-16)29-25(36)31-22-12-21(38-33-22)27(2,3)4/h6-12,14,18,28,35H,5,13,15H2,1-4H3,(H2,29,31,33,36). The smallest absolute Gasteiger partial charge is 0.324 e. The molecule has 2 amide bonds. The number of imidazole rings is 1. The number of aliphatic hydroxyl groups excluding tert-OH is 1. The number of benzene rings is 1. The van der Waals surface area contributed by atoms with Gasteiger partial charge in [-0.1, -0.05) is 56.3 Å². The fourth-order valence-corrected chi connectivity index (χ4v) is 4.80. The number of likely N-dealkylation sites (N-methyl/N-ethyl adjacent to an activating group) is 1. The largest absolute Gasteiger partial charge is 0.475 e. The average Bonchev–Trinajstić information content (AvgIpc) is 3.61. The summed E-state index contributed by atoms with van der Waals surface area (Å²) in [5.74, 6) is 1.51. The Balaban J connectivity index is 1.23. The highest BCUT2D eigenvalue weighted by Gasteiger charge is 2.20. The summed E-state index contributed by atoms with van der Waals surface area (Å²) < 4.78 is 13.0. The minimum atomic E-state index is -0.600. The summed E-state index contributed by atoms with van der Waals surface area (Å²) in [5, 5.41) is 22.4. The molecule has 0 aliphatic heterocycles. The topological polar surface area (TPSA) is 139 Å². The molecule has 5 rings (SSSR count). The molecule has 4 aromatic heterocycles. The van der Waals surface area contributed by atoms with Crippen LogP contribution in [0, 0.1) is 0 Å². The maximum absolute atomic E-state index is 12.4. The zero-order valence-electron chi connectivity index (χ0n) is 22.2. The second kappa shape index (κ2) is 11.0. The van der Waals surface area contributed by atoms with Crippen LogP contribution in [0.15, 0.2) is 53.2 Å². The van der Waals surface area contributed by atoms with E-state index >= 15 is 0 Å². The molecule has 204 valence electrons. The highest BCUT2D eigenvalue weighted by atomic mass is 32.1. The fourth-order valence-electron chi connectivity index (χ4n) is 3.83. The Labute approximate surface area is 229 Å². The minimum absolute atomic E-state index is 0.170. The van der Waals surface area contributed by atoms with E-state index in [9.17, 15) is 9.90 Å². The van der Waals surface area contributed by atoms with Crippen molar-refractivity contribution < 1.29 is 19.2 Å². The third kappa shape index (κ3) is 6.19. The predicted molar refractivity (Wildman–Crippen MR) is 152 cm³/mol. The van der Waals surface area contributed by atoms with Crippen molar-refractivity contribution in [3.8, 4) is 17.1 Å². The highest BCUT2D eigenvalue weighted by Crippen LogP contribution is 2.30. The highest BCUT2D eigenvalue weighted by molar-refractivity contribution is 7.23. The van der Waals surface area contributed by atoms with Crippen LogP contribution in [0.3, 0.4) is 0 Å². The zero-order valence-corrected chi connectivity index (χ0v) is 23.0. The number of fused-ring (bicyclic) bond motifs is 3. The van der Waals surface area contributed by atoms with Gasteiger partial charge >= 0.3 is 6.03 Å². The predicted octanol–water partition coefficient (Wildman–Crippen LogP) is 4.89. The van der Waals surface area contributed by atoms with Crippen molar-refractivity contribution in [3.05, 3.63) is 54.4 Å². The maximum atomic E-state index is 12.4. The lowest BCUT2D eigenvalue weighted by molar-refractivity contribution is 0.104. The second-order valence-electron chi connectivity index (χ2n) is 10.1. The normalized spacial score (nSPS) is 12.6. The lowest BCUT2D eigenvalue weighted by Crippen LogP contribution is -2.31. The molecule has 0 aliphatic rings. The molecule has 0 spiro atoms. The van der Waals surface area contributed by atoms with E-state index < -0.39 is 12.1 Å². The Bertz CT molecular complexity index is 1580. The number of pyridine rings is 1. The fraction of sp³-hybridized carbons (Fsp3) is 0.333. The summed E-state index contributed by atoms with van der Waals surface area (Å²) in [5.41, 5.74) is 3.08. The van der Waals surface area contributed by atoms with Crippen LogP contribution in [0.5, 0.6) is 5.88 Å². The van der Waals surface area contributed by atoms with Crippen LogP contribution >= 0.6 is 11.3 Å². The first-order valence-corrected chi connectivity index (χ1v) is 13.5. The van der Waals surface area contributed by atoms with Crippen LogP contribution < -0.4 is 20.7 Å². The number of urea groups is 1. The summed E-state index contributed by atoms with van der Waals surface area (Å²) in [6, 6.07) is 12.5. The van der Waals surface area contributed by atoms with Gasteiger partial charge in [-0.05, 0) is 24.7 Å². The van der Waals surface area contributed by atoms with Crippen LogP contribution in [0.1, 0.15) is 33.5 Å². The van der Waals surface area contributed by atoms with Gasteiger partial charge in [0.25, 0.3) is 0 Å². The van der Waals surface area contributed by atoms with Gasteiger partial charge in [-0.3, -0.25) is 9.72 Å². The number of nitrogens with one attached hydrogen (secondary N) is 3. The molecule has 1 atom stereocenters. The van der Waals surface area contributed by atoms with Gasteiger partial charge in [0.15, 0.2) is 10.8 Å². The molecular formula is C27H31N7O4S. The Kier molecular flexibility index (Phi) is 7.51. The summed E-state index contributed by atoms with van der Waals surface area (Å²) >= 11 is 1.46. The number of ether oxygens (including phenoxy) is 1. The molecule has 0 fully saturated rings. The van der Waals surface area contributed by atoms with E-state index in [-0.39, 0.29) is 12.0 Å². The van der Waals surface area contributed by atoms with Crippen molar-refractivity contribution in [2.24, 2.45) is 0 Å². The van der Waals surface area contributed by atoms with Crippen LogP contribution in [-0.4, -0.2) is 56.5 Å². The number of rotatable bonds is 9. The minimum Gasteiger partial charge on any atom is -0.475 e. The van der Waals surface area contributed by atoms with E-state index in [1.54, 1.807) is 12.1 Å². The number of aromatic nitrogens is 4. The van der Waals surface area contributed by atoms with Crippen LogP contribution in [0.4, 0.5) is 16.3 Å². The molecule has 1 aromatic carbocycles. The maximum Gasteiger partial charge on any atom is 0.324 e. The monoisotopic (exact) mass is 549 g/mol. The number of hydrogen-bond donors (Lipinski definition) is 4. The summed E-state index contributed by atoms with van der Waals surface area (Å²) in [7, 11) is 0. The number of thiazole rings is 1. The molecular weight excluding hydrogens is 518 g/mol. The summed E-state index contributed by atoms with van der Waals surface area (Å²) in [6.07, 6.45) is 1.36. The Morgan fingerprint density at radius 3 is 2.67 bits per heavy atom. The lowest BCUT2D eigenvalue weighted by atomic mass is 9.93. The van der Waals surface area contributed by atoms with Gasteiger partial charge in [0, 0.05) is 41.5 Å². The van der Waals surface area contributed by atoms with Crippen molar-refractivity contribution in [1.29, 1.82) is 0 Å². The Morgan fingerprint density at radius 2 is 1.95 bits per heavy atom. The van der Waals surface area contributed by atoms with Gasteiger partial charge < -0.3 is 25.0 Å². The third-order valence-corrected chi connectivity index (χ3v) is 6.88. The quantitative estimate of drug-likeness (QED) is 0.204. The number of aliphatic hydroxyl groups is 1. The number of carbonyl (C=O) groups is 1. The van der Waals surface area contributed by atoms with Crippen LogP contribution in [0.25, 0.3) is 26.6 Å². The number of carbonyl (C=O) groups excluding carboxylic acids is 1. The van der Waals surface area contributed by atoms with Gasteiger partial charge in [-0.2, -0.15) is 0 Å². The van der Waals surface area contributed by atoms with Crippen molar-refractivity contribution >= 4 is 44.2 Å². The van der Waals surface area contributed by atoms with Gasteiger partial charge in [-0.15, -0.1) is 0 Å². The first kappa shape index (κ1) is 26.6. The lowest BCUT2D eigenvalue weighted by Gasteiger charge is -2.12. The van der Waals surface area contributed by atoms with E-state index in [0.29, 0.717) is 29.7 Å². The molecule has 4 N–H and O–H groups in total. The molecule has 39 heavy (non-hydrogen) atoms. The van der Waals surface area contributed by atoms with Gasteiger partial charge in [0.2, 0.25) is 5.88 Å². The third-order valence-electron chi connectivity index (χ3n) is 5.92. The molecule has 0 saturated heterocycles. The van der Waals surface area contributed by atoms with Gasteiger partial charge in [-0.25, -0.2) is 14.8 Å². The van der Waals surface area contributed by atoms with Gasteiger partial charge in [0.05, 0.1) is 11.2 Å². The molecule has 4 heterocycles. The molecule has 12 heteroatoms. The Hall–Kier alpha value is -4.00. The van der Waals surface area contributed by atoms with Crippen LogP contribution in [0.2, 0.25) is 0 Å². The number of amides is 2. The van der Waals surface area contributed by atoms with E-state index in [1.807, 2.05) is 68.6 Å². The second-order valence-corrected chi connectivity index (χ2v) is 11.1. The van der Waals surface area contributed by atoms with Gasteiger partial charge in [0.1, 0.15) is 23.3 Å². The number of nitrogens with zero attached hydrogens (tertiary/aromatic N) is 4. The number of hydrogen-bond acceptors (Lipinski definition) is 9. The van der Waals surface area contributed by atoms with Crippen LogP contribution in [-0.2, 0) is 5.41 Å². The van der Waals surface area contributed by atoms with Crippen molar-refractivity contribution in [2.45, 2.75) is 39.2 Å². The van der Waals surface area contributed by atoms with Crippen molar-refractivity contribution in [2.75, 3.05) is 30.3 Å². The average molecular weight is 550 g/mol.